The van der Waals surface area contributed by atoms with E-state index in [1.54, 1.807) is 0 Å². The summed E-state index contributed by atoms with van der Waals surface area (Å²) in [6, 6.07) is 5.70. The normalized spacial score (nSPS) is 18.8. The number of carbonyl (C=O) groups is 5. The third-order valence-corrected chi connectivity index (χ3v) is 10.7. The molecule has 24 heteroatoms. The van der Waals surface area contributed by atoms with Gasteiger partial charge in [0.25, 0.3) is 11.8 Å². The molecule has 0 fully saturated rings. The van der Waals surface area contributed by atoms with Crippen LogP contribution in [0.2, 0.25) is 0 Å². The molecule has 3 heterocycles. The van der Waals surface area contributed by atoms with Crippen LogP contribution < -0.4 is 24.3 Å². The molecule has 2 aromatic rings. The van der Waals surface area contributed by atoms with Gasteiger partial charge in [0.1, 0.15) is 32.0 Å². The van der Waals surface area contributed by atoms with Crippen molar-refractivity contribution in [2.24, 2.45) is 4.99 Å². The lowest BCUT2D eigenvalue weighted by molar-refractivity contribution is 0.0182. The second-order valence-corrected chi connectivity index (χ2v) is 17.3. The molecule has 0 spiro atoms. The highest BCUT2D eigenvalue weighted by Gasteiger charge is 2.38. The SMILES string of the molecule is COC(=O)c1cc2c(cc1C(=O)OC)OCCOCCOCC(CN1C(=O)c3cc4c(cc3C1=O)OCCOCCOCCN(CCNC(=O)OC(C)(C)C)CCOCCOCCO4)=NCCOCCOCCO2. The Kier molecular flexibility index (Phi) is 26.0. The molecule has 0 unspecified atom stereocenters. The van der Waals surface area contributed by atoms with Crippen LogP contribution in [0, 0.1) is 0 Å². The summed E-state index contributed by atoms with van der Waals surface area (Å²) < 4.78 is 85.1. The fourth-order valence-corrected chi connectivity index (χ4v) is 7.17. The van der Waals surface area contributed by atoms with Crippen LogP contribution in [0.5, 0.6) is 23.0 Å². The number of aliphatic imine (C=N–C) groups is 1. The highest BCUT2D eigenvalue weighted by atomic mass is 16.6. The zero-order chi connectivity index (χ0) is 53.0. The van der Waals surface area contributed by atoms with Gasteiger partial charge in [0, 0.05) is 26.2 Å². The molecule has 5 rings (SSSR count). The number of imide groups is 1. The van der Waals surface area contributed by atoms with Crippen molar-refractivity contribution >= 4 is 35.6 Å². The molecule has 3 aliphatic heterocycles. The summed E-state index contributed by atoms with van der Waals surface area (Å²) in [4.78, 5) is 73.0. The first-order valence-electron chi connectivity index (χ1n) is 24.6. The number of methoxy groups -OCH3 is 2. The van der Waals surface area contributed by atoms with E-state index in [0.717, 1.165) is 4.90 Å². The van der Waals surface area contributed by atoms with E-state index >= 15 is 0 Å². The molecule has 412 valence electrons. The van der Waals surface area contributed by atoms with Crippen LogP contribution in [-0.4, -0.2) is 237 Å². The topological polar surface area (TPSA) is 255 Å². The maximum absolute atomic E-state index is 13.9. The molecule has 3 amide bonds. The molecule has 0 radical (unpaired) electrons. The van der Waals surface area contributed by atoms with Gasteiger partial charge in [0.15, 0.2) is 23.0 Å². The monoisotopic (exact) mass is 1050 g/mol. The lowest BCUT2D eigenvalue weighted by Gasteiger charge is -2.23. The van der Waals surface area contributed by atoms with Gasteiger partial charge in [-0.3, -0.25) is 24.4 Å². The zero-order valence-electron chi connectivity index (χ0n) is 43.2. The summed E-state index contributed by atoms with van der Waals surface area (Å²) in [5.74, 6) is -1.76. The number of nitrogens with one attached hydrogen (secondary N) is 1. The van der Waals surface area contributed by atoms with E-state index < -0.39 is 35.4 Å². The van der Waals surface area contributed by atoms with E-state index in [0.29, 0.717) is 71.5 Å². The molecule has 0 bridgehead atoms. The smallest absolute Gasteiger partial charge is 0.407 e. The number of fused-ring (bicyclic) bond motifs is 3. The maximum Gasteiger partial charge on any atom is 0.407 e. The Bertz CT molecular complexity index is 2070. The Morgan fingerprint density at radius 3 is 1.38 bits per heavy atom. The van der Waals surface area contributed by atoms with Gasteiger partial charge in [0.2, 0.25) is 0 Å². The molecule has 0 saturated heterocycles. The molecule has 0 aromatic heterocycles. The molecule has 2 aromatic carbocycles. The van der Waals surface area contributed by atoms with Crippen LogP contribution in [0.1, 0.15) is 62.2 Å². The number of carbonyl (C=O) groups excluding carboxylic acids is 5. The zero-order valence-corrected chi connectivity index (χ0v) is 43.2. The number of rotatable bonds is 7. The van der Waals surface area contributed by atoms with Gasteiger partial charge in [-0.1, -0.05) is 0 Å². The molecule has 24 nitrogen and oxygen atoms in total. The Balaban J connectivity index is 1.15. The summed E-state index contributed by atoms with van der Waals surface area (Å²) in [7, 11) is 2.39. The molecule has 74 heavy (non-hydrogen) atoms. The first kappa shape index (κ1) is 59.2. The number of nitrogens with zero attached hydrogens (tertiary/aromatic N) is 3. The minimum Gasteiger partial charge on any atom is -0.487 e. The van der Waals surface area contributed by atoms with Crippen molar-refractivity contribution in [1.29, 1.82) is 0 Å². The number of hydrogen-bond donors (Lipinski definition) is 1. The van der Waals surface area contributed by atoms with E-state index in [2.05, 4.69) is 15.2 Å². The van der Waals surface area contributed by atoms with E-state index in [9.17, 15) is 24.0 Å². The van der Waals surface area contributed by atoms with E-state index in [1.165, 1.54) is 38.5 Å². The summed E-state index contributed by atoms with van der Waals surface area (Å²) in [6.45, 7) is 11.9. The highest BCUT2D eigenvalue weighted by Crippen LogP contribution is 2.36. The predicted octanol–water partition coefficient (Wildman–Crippen LogP) is 2.50. The molecule has 0 aliphatic carbocycles. The molecular formula is C50H72N4O20. The molecule has 0 atom stereocenters. The number of ether oxygens (including phenoxy) is 15. The van der Waals surface area contributed by atoms with Crippen LogP contribution in [-0.2, 0) is 52.1 Å². The lowest BCUT2D eigenvalue weighted by atomic mass is 10.1. The standard InChI is InChI=1S/C50H72N4O20/c1-50(2,3)74-49(59)52-6-8-53-9-12-63-15-18-66-22-26-70-41-30-37-38(31-42(41)71-27-23-67-19-16-64-13-10-53)46(56)54(45(37)55)34-36-35-69-21-20-68-25-29-73-44-33-40(48(58)61-5)39(47(57)60-4)32-43(44)72-28-24-65-17-14-62-11-7-51-36/h30-33H,6-29,34-35H2,1-5H3,(H,52,59). The third kappa shape index (κ3) is 20.5. The fraction of sp³-hybridized carbons (Fsp3) is 0.640. The minimum atomic E-state index is -0.767. The summed E-state index contributed by atoms with van der Waals surface area (Å²) in [5, 5.41) is 2.79. The van der Waals surface area contributed by atoms with Crippen molar-refractivity contribution in [3.05, 3.63) is 46.5 Å². The fourth-order valence-electron chi connectivity index (χ4n) is 7.17. The number of benzene rings is 2. The van der Waals surface area contributed by atoms with Gasteiger partial charge in [-0.2, -0.15) is 0 Å². The van der Waals surface area contributed by atoms with E-state index in [-0.39, 0.29) is 151 Å². The van der Waals surface area contributed by atoms with Gasteiger partial charge >= 0.3 is 18.0 Å². The first-order valence-corrected chi connectivity index (χ1v) is 24.6. The molecule has 0 saturated carbocycles. The summed E-state index contributed by atoms with van der Waals surface area (Å²) in [5.41, 5.74) is -0.0181. The largest absolute Gasteiger partial charge is 0.487 e. The van der Waals surface area contributed by atoms with Crippen LogP contribution in [0.4, 0.5) is 4.79 Å². The van der Waals surface area contributed by atoms with Gasteiger partial charge in [0.05, 0.1) is 161 Å². The van der Waals surface area contributed by atoms with Crippen molar-refractivity contribution in [3.8, 4) is 23.0 Å². The Morgan fingerprint density at radius 1 is 0.554 bits per heavy atom. The summed E-state index contributed by atoms with van der Waals surface area (Å²) >= 11 is 0. The van der Waals surface area contributed by atoms with Gasteiger partial charge in [-0.15, -0.1) is 0 Å². The number of alkyl carbamates (subject to hydrolysis) is 1. The first-order chi connectivity index (χ1) is 35.9. The van der Waals surface area contributed by atoms with Crippen LogP contribution in [0.3, 0.4) is 0 Å². The second-order valence-electron chi connectivity index (χ2n) is 17.3. The van der Waals surface area contributed by atoms with Crippen LogP contribution in [0.15, 0.2) is 29.3 Å². The highest BCUT2D eigenvalue weighted by molar-refractivity contribution is 6.23. The Morgan fingerprint density at radius 2 is 0.946 bits per heavy atom. The molecule has 1 N–H and O–H groups in total. The number of hydrogen-bond acceptors (Lipinski definition) is 22. The van der Waals surface area contributed by atoms with Crippen molar-refractivity contribution in [2.75, 3.05) is 186 Å². The predicted molar refractivity (Wildman–Crippen MR) is 262 cm³/mol. The van der Waals surface area contributed by atoms with Crippen molar-refractivity contribution in [1.82, 2.24) is 15.1 Å². The van der Waals surface area contributed by atoms with Crippen LogP contribution >= 0.6 is 0 Å². The lowest BCUT2D eigenvalue weighted by Crippen LogP contribution is -2.40. The quantitative estimate of drug-likeness (QED) is 0.237. The number of amides is 3. The number of esters is 2. The Hall–Kier alpha value is -5.70. The van der Waals surface area contributed by atoms with Crippen molar-refractivity contribution in [2.45, 2.75) is 26.4 Å². The van der Waals surface area contributed by atoms with Crippen molar-refractivity contribution < 1.29 is 95.0 Å². The Labute approximate surface area is 431 Å². The van der Waals surface area contributed by atoms with Gasteiger partial charge in [-0.05, 0) is 45.0 Å². The van der Waals surface area contributed by atoms with Crippen LogP contribution in [0.25, 0.3) is 0 Å². The van der Waals surface area contributed by atoms with E-state index in [1.807, 2.05) is 20.8 Å². The average Bonchev–Trinajstić information content (AvgIpc) is 3.60. The summed E-state index contributed by atoms with van der Waals surface area (Å²) in [6.07, 6.45) is -0.474. The average molecular weight is 1050 g/mol. The maximum atomic E-state index is 13.9. The van der Waals surface area contributed by atoms with E-state index in [4.69, 9.17) is 71.1 Å². The minimum absolute atomic E-state index is 0.0216. The molecule has 3 aliphatic rings. The second kappa shape index (κ2) is 32.6. The molecular weight excluding hydrogens is 977 g/mol. The van der Waals surface area contributed by atoms with Gasteiger partial charge < -0.3 is 76.4 Å². The van der Waals surface area contributed by atoms with Crippen molar-refractivity contribution in [3.63, 3.8) is 0 Å². The van der Waals surface area contributed by atoms with Gasteiger partial charge in [-0.25, -0.2) is 14.4 Å². The third-order valence-electron chi connectivity index (χ3n) is 10.7.